The van der Waals surface area contributed by atoms with Crippen molar-refractivity contribution in [3.05, 3.63) is 27.7 Å². The van der Waals surface area contributed by atoms with E-state index < -0.39 is 10.0 Å². The van der Waals surface area contributed by atoms with E-state index in [1.165, 1.54) is 6.07 Å². The van der Waals surface area contributed by atoms with E-state index in [0.29, 0.717) is 17.1 Å². The van der Waals surface area contributed by atoms with Crippen LogP contribution in [0.25, 0.3) is 0 Å². The lowest BCUT2D eigenvalue weighted by atomic mass is 10.0. The molecule has 1 aromatic rings. The van der Waals surface area contributed by atoms with Gasteiger partial charge in [-0.2, -0.15) is 4.31 Å². The first kappa shape index (κ1) is 16.1. The quantitative estimate of drug-likeness (QED) is 0.827. The molecule has 3 nitrogen and oxygen atoms in total. The van der Waals surface area contributed by atoms with Gasteiger partial charge in [-0.3, -0.25) is 0 Å². The van der Waals surface area contributed by atoms with Crippen LogP contribution < -0.4 is 0 Å². The maximum atomic E-state index is 12.9. The number of piperidine rings is 1. The molecule has 1 aliphatic rings. The zero-order valence-corrected chi connectivity index (χ0v) is 14.0. The van der Waals surface area contributed by atoms with Gasteiger partial charge in [-0.15, -0.1) is 0 Å². The second kappa shape index (κ2) is 6.22. The number of aryl methyl sites for hydroxylation is 1. The summed E-state index contributed by atoms with van der Waals surface area (Å²) < 4.78 is 27.4. The largest absolute Gasteiger partial charge is 0.243 e. The van der Waals surface area contributed by atoms with E-state index >= 15 is 0 Å². The van der Waals surface area contributed by atoms with Gasteiger partial charge in [0.1, 0.15) is 0 Å². The average Bonchev–Trinajstić information content (AvgIpc) is 2.42. The van der Waals surface area contributed by atoms with Crippen molar-refractivity contribution >= 4 is 33.2 Å². The molecule has 0 amide bonds. The smallest absolute Gasteiger partial charge is 0.207 e. The van der Waals surface area contributed by atoms with Gasteiger partial charge in [0.2, 0.25) is 10.0 Å². The number of sulfonamides is 1. The van der Waals surface area contributed by atoms with Gasteiger partial charge in [0.15, 0.2) is 0 Å². The standard InChI is InChI=1S/C14H19Cl2NO2S/c1-3-11-6-4-5-7-17(11)20(18,19)14-9-13(16)12(15)8-10(14)2/h8-9,11H,3-7H2,1-2H3/t11-/m1/s1. The summed E-state index contributed by atoms with van der Waals surface area (Å²) in [5, 5.41) is 0.662. The summed E-state index contributed by atoms with van der Waals surface area (Å²) >= 11 is 11.9. The Hall–Kier alpha value is -0.290. The molecule has 1 aromatic carbocycles. The van der Waals surface area contributed by atoms with Gasteiger partial charge >= 0.3 is 0 Å². The first-order chi connectivity index (χ1) is 9.37. The van der Waals surface area contributed by atoms with Crippen molar-refractivity contribution < 1.29 is 8.42 Å². The molecule has 0 saturated carbocycles. The van der Waals surface area contributed by atoms with Crippen molar-refractivity contribution in [3.8, 4) is 0 Å². The minimum atomic E-state index is -3.50. The molecule has 0 aromatic heterocycles. The fourth-order valence-corrected chi connectivity index (χ4v) is 5.18. The fourth-order valence-electron chi connectivity index (χ4n) is 2.73. The van der Waals surface area contributed by atoms with E-state index in [4.69, 9.17) is 23.2 Å². The Balaban J connectivity index is 2.46. The molecule has 1 fully saturated rings. The van der Waals surface area contributed by atoms with Gasteiger partial charge in [-0.25, -0.2) is 8.42 Å². The first-order valence-corrected chi connectivity index (χ1v) is 9.05. The summed E-state index contributed by atoms with van der Waals surface area (Å²) in [6.07, 6.45) is 3.76. The Bertz CT molecular complexity index is 601. The first-order valence-electron chi connectivity index (χ1n) is 6.85. The molecule has 20 heavy (non-hydrogen) atoms. The normalized spacial score (nSPS) is 21.1. The SMILES string of the molecule is CC[C@@H]1CCCCN1S(=O)(=O)c1cc(Cl)c(Cl)cc1C. The van der Waals surface area contributed by atoms with Gasteiger partial charge < -0.3 is 0 Å². The van der Waals surface area contributed by atoms with Crippen molar-refractivity contribution in [2.45, 2.75) is 50.5 Å². The van der Waals surface area contributed by atoms with Crippen LogP contribution in [0.4, 0.5) is 0 Å². The third kappa shape index (κ3) is 2.98. The van der Waals surface area contributed by atoms with E-state index in [1.807, 2.05) is 6.92 Å². The topological polar surface area (TPSA) is 37.4 Å². The van der Waals surface area contributed by atoms with Crippen molar-refractivity contribution in [2.24, 2.45) is 0 Å². The Kier molecular flexibility index (Phi) is 5.00. The Morgan fingerprint density at radius 1 is 1.25 bits per heavy atom. The van der Waals surface area contributed by atoms with Crippen molar-refractivity contribution in [1.29, 1.82) is 0 Å². The second-order valence-electron chi connectivity index (χ2n) is 5.21. The second-order valence-corrected chi connectivity index (χ2v) is 7.88. The van der Waals surface area contributed by atoms with Gasteiger partial charge in [0, 0.05) is 12.6 Å². The minimum Gasteiger partial charge on any atom is -0.207 e. The Labute approximate surface area is 130 Å². The van der Waals surface area contributed by atoms with Gasteiger partial charge in [-0.05, 0) is 43.9 Å². The molecule has 0 radical (unpaired) electrons. The molecule has 2 rings (SSSR count). The lowest BCUT2D eigenvalue weighted by molar-refractivity contribution is 0.246. The highest BCUT2D eigenvalue weighted by Crippen LogP contribution is 2.32. The molecule has 1 saturated heterocycles. The zero-order chi connectivity index (χ0) is 14.9. The summed E-state index contributed by atoms with van der Waals surface area (Å²) in [6.45, 7) is 4.36. The highest BCUT2D eigenvalue weighted by molar-refractivity contribution is 7.89. The summed E-state index contributed by atoms with van der Waals surface area (Å²) in [7, 11) is -3.50. The number of hydrogen-bond acceptors (Lipinski definition) is 2. The van der Waals surface area contributed by atoms with Crippen LogP contribution in [0.3, 0.4) is 0 Å². The van der Waals surface area contributed by atoms with E-state index in [1.54, 1.807) is 17.3 Å². The van der Waals surface area contributed by atoms with Crippen molar-refractivity contribution in [3.63, 3.8) is 0 Å². The third-order valence-electron chi connectivity index (χ3n) is 3.85. The molecule has 0 N–H and O–H groups in total. The monoisotopic (exact) mass is 335 g/mol. The highest BCUT2D eigenvalue weighted by atomic mass is 35.5. The number of rotatable bonds is 3. The number of halogens is 2. The van der Waals surface area contributed by atoms with Crippen molar-refractivity contribution in [2.75, 3.05) is 6.54 Å². The van der Waals surface area contributed by atoms with Crippen LogP contribution in [-0.4, -0.2) is 25.3 Å². The summed E-state index contributed by atoms with van der Waals surface area (Å²) in [4.78, 5) is 0.271. The van der Waals surface area contributed by atoms with Crippen LogP contribution in [0.5, 0.6) is 0 Å². The molecule has 0 aliphatic carbocycles. The van der Waals surface area contributed by atoms with Gasteiger partial charge in [0.05, 0.1) is 14.9 Å². The maximum Gasteiger partial charge on any atom is 0.243 e. The third-order valence-corrected chi connectivity index (χ3v) is 6.66. The molecular formula is C14H19Cl2NO2S. The van der Waals surface area contributed by atoms with Crippen LogP contribution in [0.1, 0.15) is 38.2 Å². The molecular weight excluding hydrogens is 317 g/mol. The average molecular weight is 336 g/mol. The molecule has 0 bridgehead atoms. The summed E-state index contributed by atoms with van der Waals surface area (Å²) in [5.74, 6) is 0. The van der Waals surface area contributed by atoms with Crippen LogP contribution in [0.2, 0.25) is 10.0 Å². The minimum absolute atomic E-state index is 0.0857. The summed E-state index contributed by atoms with van der Waals surface area (Å²) in [5.41, 5.74) is 0.639. The number of nitrogens with zero attached hydrogens (tertiary/aromatic N) is 1. The molecule has 1 atom stereocenters. The molecule has 0 spiro atoms. The predicted molar refractivity (Wildman–Crippen MR) is 83.0 cm³/mol. The lowest BCUT2D eigenvalue weighted by Crippen LogP contribution is -2.43. The van der Waals surface area contributed by atoms with Crippen LogP contribution >= 0.6 is 23.2 Å². The summed E-state index contributed by atoms with van der Waals surface area (Å²) in [6, 6.07) is 3.17. The highest BCUT2D eigenvalue weighted by Gasteiger charge is 2.33. The van der Waals surface area contributed by atoms with Crippen molar-refractivity contribution in [1.82, 2.24) is 4.31 Å². The molecule has 6 heteroatoms. The van der Waals surface area contributed by atoms with Crippen LogP contribution in [-0.2, 0) is 10.0 Å². The van der Waals surface area contributed by atoms with Crippen LogP contribution in [0, 0.1) is 6.92 Å². The van der Waals surface area contributed by atoms with Gasteiger partial charge in [-0.1, -0.05) is 36.5 Å². The Morgan fingerprint density at radius 2 is 1.90 bits per heavy atom. The van der Waals surface area contributed by atoms with Gasteiger partial charge in [0.25, 0.3) is 0 Å². The number of benzene rings is 1. The van der Waals surface area contributed by atoms with Crippen LogP contribution in [0.15, 0.2) is 17.0 Å². The number of hydrogen-bond donors (Lipinski definition) is 0. The lowest BCUT2D eigenvalue weighted by Gasteiger charge is -2.34. The Morgan fingerprint density at radius 3 is 2.55 bits per heavy atom. The fraction of sp³-hybridized carbons (Fsp3) is 0.571. The molecule has 112 valence electrons. The van der Waals surface area contributed by atoms with E-state index in [0.717, 1.165) is 25.7 Å². The predicted octanol–water partition coefficient (Wildman–Crippen LogP) is 4.26. The zero-order valence-electron chi connectivity index (χ0n) is 11.7. The molecule has 1 aliphatic heterocycles. The molecule has 1 heterocycles. The maximum absolute atomic E-state index is 12.9. The van der Waals surface area contributed by atoms with E-state index in [-0.39, 0.29) is 16.0 Å². The van der Waals surface area contributed by atoms with E-state index in [9.17, 15) is 8.42 Å². The molecule has 0 unspecified atom stereocenters. The van der Waals surface area contributed by atoms with E-state index in [2.05, 4.69) is 0 Å².